The third-order valence-electron chi connectivity index (χ3n) is 6.18. The van der Waals surface area contributed by atoms with Gasteiger partial charge in [0.05, 0.1) is 21.1 Å². The number of hydrogen-bond acceptors (Lipinski definition) is 2. The first-order chi connectivity index (χ1) is 14.4. The summed E-state index contributed by atoms with van der Waals surface area (Å²) in [4.78, 5) is 30.6. The molecule has 1 aromatic heterocycles. The van der Waals surface area contributed by atoms with Crippen LogP contribution in [0.2, 0.25) is 10.0 Å². The predicted molar refractivity (Wildman–Crippen MR) is 123 cm³/mol. The van der Waals surface area contributed by atoms with Crippen LogP contribution in [0.5, 0.6) is 0 Å². The molecule has 30 heavy (non-hydrogen) atoms. The van der Waals surface area contributed by atoms with E-state index in [9.17, 15) is 9.59 Å². The number of nitrogens with one attached hydrogen (secondary N) is 2. The summed E-state index contributed by atoms with van der Waals surface area (Å²) < 4.78 is 2.73. The summed E-state index contributed by atoms with van der Waals surface area (Å²) in [5, 5.41) is 3.80. The number of amides is 2. The molecule has 2 aliphatic rings. The Labute approximate surface area is 191 Å². The van der Waals surface area contributed by atoms with Gasteiger partial charge in [0.2, 0.25) is 0 Å². The Balaban J connectivity index is 1.38. The molecule has 2 bridgehead atoms. The molecule has 2 unspecified atom stereocenters. The first-order valence-corrected chi connectivity index (χ1v) is 11.4. The maximum absolute atomic E-state index is 13.0. The zero-order valence-corrected chi connectivity index (χ0v) is 19.0. The van der Waals surface area contributed by atoms with Crippen molar-refractivity contribution < 1.29 is 4.79 Å². The van der Waals surface area contributed by atoms with E-state index in [0.717, 1.165) is 41.2 Å². The van der Waals surface area contributed by atoms with Crippen LogP contribution in [0.1, 0.15) is 31.7 Å². The van der Waals surface area contributed by atoms with Crippen molar-refractivity contribution in [2.75, 3.05) is 5.32 Å². The van der Waals surface area contributed by atoms with Gasteiger partial charge in [-0.05, 0) is 71.9 Å². The predicted octanol–water partition coefficient (Wildman–Crippen LogP) is 5.80. The molecule has 156 valence electrons. The highest BCUT2D eigenvalue weighted by atomic mass is 79.9. The van der Waals surface area contributed by atoms with Crippen molar-refractivity contribution >= 4 is 61.9 Å². The van der Waals surface area contributed by atoms with E-state index in [1.807, 2.05) is 27.7 Å². The van der Waals surface area contributed by atoms with Crippen molar-refractivity contribution in [2.24, 2.45) is 0 Å². The van der Waals surface area contributed by atoms with Crippen LogP contribution in [-0.4, -0.2) is 32.6 Å². The highest BCUT2D eigenvalue weighted by molar-refractivity contribution is 9.10. The van der Waals surface area contributed by atoms with Crippen LogP contribution in [-0.2, 0) is 0 Å². The Morgan fingerprint density at radius 1 is 1.07 bits per heavy atom. The zero-order valence-electron chi connectivity index (χ0n) is 15.9. The van der Waals surface area contributed by atoms with E-state index in [1.54, 1.807) is 18.2 Å². The second kappa shape index (κ2) is 7.62. The Kier molecular flexibility index (Phi) is 5.08. The summed E-state index contributed by atoms with van der Waals surface area (Å²) in [6, 6.07) is 11.0. The lowest BCUT2D eigenvalue weighted by Gasteiger charge is -2.39. The molecular formula is C21H19BrCl2N4O2. The van der Waals surface area contributed by atoms with Gasteiger partial charge in [0.1, 0.15) is 0 Å². The average Bonchev–Trinajstić information content (AvgIpc) is 3.19. The van der Waals surface area contributed by atoms with Crippen molar-refractivity contribution in [1.29, 1.82) is 0 Å². The molecular weight excluding hydrogens is 491 g/mol. The van der Waals surface area contributed by atoms with Gasteiger partial charge in [-0.3, -0.25) is 4.57 Å². The van der Waals surface area contributed by atoms with Crippen molar-refractivity contribution in [3.05, 3.63) is 61.4 Å². The number of carbonyl (C=O) groups is 1. The van der Waals surface area contributed by atoms with Crippen molar-refractivity contribution in [3.8, 4) is 0 Å². The van der Waals surface area contributed by atoms with Gasteiger partial charge >= 0.3 is 11.7 Å². The van der Waals surface area contributed by atoms with E-state index in [0.29, 0.717) is 15.7 Å². The van der Waals surface area contributed by atoms with E-state index in [2.05, 4.69) is 26.2 Å². The summed E-state index contributed by atoms with van der Waals surface area (Å²) >= 11 is 15.5. The van der Waals surface area contributed by atoms with Crippen LogP contribution in [0, 0.1) is 0 Å². The zero-order chi connectivity index (χ0) is 21.0. The number of H-pyrrole nitrogens is 1. The minimum Gasteiger partial charge on any atom is -0.318 e. The first kappa shape index (κ1) is 20.0. The fourth-order valence-electron chi connectivity index (χ4n) is 4.93. The minimum atomic E-state index is -0.131. The maximum Gasteiger partial charge on any atom is 0.326 e. The molecule has 0 spiro atoms. The molecule has 2 aliphatic heterocycles. The fraction of sp³-hybridized carbons (Fsp3) is 0.333. The van der Waals surface area contributed by atoms with E-state index >= 15 is 0 Å². The van der Waals surface area contributed by atoms with E-state index < -0.39 is 0 Å². The number of nitrogens with zero attached hydrogens (tertiary/aromatic N) is 2. The van der Waals surface area contributed by atoms with Crippen LogP contribution >= 0.6 is 39.1 Å². The second-order valence-corrected chi connectivity index (χ2v) is 9.58. The smallest absolute Gasteiger partial charge is 0.318 e. The number of anilines is 1. The number of hydrogen-bond donors (Lipinski definition) is 2. The van der Waals surface area contributed by atoms with E-state index in [-0.39, 0.29) is 29.8 Å². The number of carbonyl (C=O) groups excluding carboxylic acids is 1. The normalized spacial score (nSPS) is 23.2. The maximum atomic E-state index is 13.0. The SMILES string of the molecule is O=C(Nc1ccc(Cl)c(Cl)c1)N1C2CCC1CC(n1c(=O)[nH]c3c(Br)cccc31)C2. The third-order valence-corrected chi connectivity index (χ3v) is 7.58. The lowest BCUT2D eigenvalue weighted by Crippen LogP contribution is -2.49. The molecule has 5 rings (SSSR count). The lowest BCUT2D eigenvalue weighted by atomic mass is 9.97. The molecule has 0 saturated carbocycles. The Morgan fingerprint density at radius 2 is 1.80 bits per heavy atom. The number of rotatable bonds is 2. The van der Waals surface area contributed by atoms with Crippen LogP contribution < -0.4 is 11.0 Å². The number of aromatic nitrogens is 2. The quantitative estimate of drug-likeness (QED) is 0.458. The van der Waals surface area contributed by atoms with Gasteiger partial charge in [0.25, 0.3) is 0 Å². The molecule has 9 heteroatoms. The molecule has 2 aromatic carbocycles. The molecule has 2 N–H and O–H groups in total. The van der Waals surface area contributed by atoms with E-state index in [1.165, 1.54) is 0 Å². The van der Waals surface area contributed by atoms with Gasteiger partial charge in [0, 0.05) is 28.3 Å². The number of benzene rings is 2. The molecule has 0 radical (unpaired) electrons. The fourth-order valence-corrected chi connectivity index (χ4v) is 5.68. The number of piperidine rings is 1. The summed E-state index contributed by atoms with van der Waals surface area (Å²) in [5.41, 5.74) is 2.23. The van der Waals surface area contributed by atoms with Gasteiger partial charge in [0.15, 0.2) is 0 Å². The van der Waals surface area contributed by atoms with Gasteiger partial charge in [-0.1, -0.05) is 29.3 Å². The third kappa shape index (κ3) is 3.33. The highest BCUT2D eigenvalue weighted by Gasteiger charge is 2.44. The molecule has 6 nitrogen and oxygen atoms in total. The lowest BCUT2D eigenvalue weighted by molar-refractivity contribution is 0.134. The number of urea groups is 1. The number of para-hydroxylation sites is 1. The topological polar surface area (TPSA) is 70.1 Å². The van der Waals surface area contributed by atoms with Gasteiger partial charge in [-0.2, -0.15) is 0 Å². The van der Waals surface area contributed by atoms with Crippen LogP contribution in [0.15, 0.2) is 45.7 Å². The summed E-state index contributed by atoms with van der Waals surface area (Å²) in [5.74, 6) is 0. The summed E-state index contributed by atoms with van der Waals surface area (Å²) in [6.07, 6.45) is 3.39. The molecule has 2 amide bonds. The summed E-state index contributed by atoms with van der Waals surface area (Å²) in [6.45, 7) is 0. The average molecular weight is 510 g/mol. The Morgan fingerprint density at radius 3 is 2.50 bits per heavy atom. The number of fused-ring (bicyclic) bond motifs is 3. The molecule has 3 aromatic rings. The molecule has 2 saturated heterocycles. The Hall–Kier alpha value is -1.96. The van der Waals surface area contributed by atoms with Crippen LogP contribution in [0.25, 0.3) is 11.0 Å². The largest absolute Gasteiger partial charge is 0.326 e. The second-order valence-electron chi connectivity index (χ2n) is 7.91. The van der Waals surface area contributed by atoms with E-state index in [4.69, 9.17) is 23.2 Å². The molecule has 2 fully saturated rings. The van der Waals surface area contributed by atoms with Gasteiger partial charge in [-0.15, -0.1) is 0 Å². The summed E-state index contributed by atoms with van der Waals surface area (Å²) in [7, 11) is 0. The molecule has 3 heterocycles. The van der Waals surface area contributed by atoms with Crippen molar-refractivity contribution in [1.82, 2.24) is 14.5 Å². The van der Waals surface area contributed by atoms with Crippen LogP contribution in [0.3, 0.4) is 0 Å². The Bertz CT molecular complexity index is 1190. The molecule has 2 atom stereocenters. The minimum absolute atomic E-state index is 0.0621. The van der Waals surface area contributed by atoms with Gasteiger partial charge in [-0.25, -0.2) is 9.59 Å². The first-order valence-electron chi connectivity index (χ1n) is 9.85. The number of aromatic amines is 1. The monoisotopic (exact) mass is 508 g/mol. The highest BCUT2D eigenvalue weighted by Crippen LogP contribution is 2.42. The van der Waals surface area contributed by atoms with Crippen molar-refractivity contribution in [2.45, 2.75) is 43.8 Å². The number of imidazole rings is 1. The van der Waals surface area contributed by atoms with Crippen molar-refractivity contribution in [3.63, 3.8) is 0 Å². The number of halogens is 3. The van der Waals surface area contributed by atoms with Gasteiger partial charge < -0.3 is 15.2 Å². The van der Waals surface area contributed by atoms with Crippen LogP contribution in [0.4, 0.5) is 10.5 Å². The molecule has 0 aliphatic carbocycles. The standard InChI is InChI=1S/C21H19BrCl2N4O2/c22-15-2-1-3-18-19(15)26-21(30)28(18)14-9-12-5-6-13(10-14)27(12)20(29)25-11-4-7-16(23)17(24)8-11/h1-4,7-8,12-14H,5-6,9-10H2,(H,25,29)(H,26,30).